The Hall–Kier alpha value is -1.75. The van der Waals surface area contributed by atoms with Crippen LogP contribution in [0.15, 0.2) is 36.4 Å². The molecule has 4 nitrogen and oxygen atoms in total. The molecule has 0 radical (unpaired) electrons. The summed E-state index contributed by atoms with van der Waals surface area (Å²) in [4.78, 5) is 0. The minimum atomic E-state index is -0.193. The second-order valence-electron chi connectivity index (χ2n) is 4.72. The monoisotopic (exact) mass is 306 g/mol. The summed E-state index contributed by atoms with van der Waals surface area (Å²) in [6, 6.07) is 11.3. The van der Waals surface area contributed by atoms with Gasteiger partial charge >= 0.3 is 0 Å². The van der Waals surface area contributed by atoms with Crippen molar-refractivity contribution in [3.05, 3.63) is 58.1 Å². The number of hydrazine groups is 1. The second-order valence-corrected chi connectivity index (χ2v) is 5.12. The quantitative estimate of drug-likeness (QED) is 0.658. The van der Waals surface area contributed by atoms with E-state index in [1.165, 1.54) is 0 Å². The third-order valence-corrected chi connectivity index (χ3v) is 3.86. The molecule has 2 aromatic rings. The fraction of sp³-hybridized carbons (Fsp3) is 0.250. The smallest absolute Gasteiger partial charge is 0.127 e. The highest BCUT2D eigenvalue weighted by Gasteiger charge is 2.18. The zero-order valence-corrected chi connectivity index (χ0v) is 13.1. The Labute approximate surface area is 129 Å². The van der Waals surface area contributed by atoms with E-state index in [-0.39, 0.29) is 6.04 Å². The van der Waals surface area contributed by atoms with E-state index in [1.807, 2.05) is 43.3 Å². The Morgan fingerprint density at radius 2 is 1.86 bits per heavy atom. The van der Waals surface area contributed by atoms with Crippen molar-refractivity contribution >= 4 is 11.6 Å². The number of nitrogens with two attached hydrogens (primary N) is 1. The van der Waals surface area contributed by atoms with Crippen LogP contribution in [0.1, 0.15) is 22.7 Å². The summed E-state index contributed by atoms with van der Waals surface area (Å²) in [5.41, 5.74) is 5.78. The largest absolute Gasteiger partial charge is 0.497 e. The first kappa shape index (κ1) is 15.6. The molecular formula is C16H19ClN2O2. The third-order valence-electron chi connectivity index (χ3n) is 3.43. The SMILES string of the molecule is COc1ccc(C(NN)c2ccc(Cl)c(C)c2)c(OC)c1. The minimum absolute atomic E-state index is 0.193. The predicted molar refractivity (Wildman–Crippen MR) is 84.9 cm³/mol. The summed E-state index contributed by atoms with van der Waals surface area (Å²) < 4.78 is 10.7. The number of hydrogen-bond donors (Lipinski definition) is 2. The van der Waals surface area contributed by atoms with Gasteiger partial charge in [-0.1, -0.05) is 23.7 Å². The molecule has 0 aliphatic carbocycles. The van der Waals surface area contributed by atoms with Crippen molar-refractivity contribution in [1.82, 2.24) is 5.43 Å². The Kier molecular flexibility index (Phi) is 5.07. The van der Waals surface area contributed by atoms with Gasteiger partial charge in [0.05, 0.1) is 20.3 Å². The van der Waals surface area contributed by atoms with Crippen LogP contribution < -0.4 is 20.7 Å². The Morgan fingerprint density at radius 1 is 1.10 bits per heavy atom. The van der Waals surface area contributed by atoms with Crippen LogP contribution in [-0.4, -0.2) is 14.2 Å². The van der Waals surface area contributed by atoms with Crippen LogP contribution in [0, 0.1) is 6.92 Å². The maximum Gasteiger partial charge on any atom is 0.127 e. The molecule has 1 atom stereocenters. The maximum absolute atomic E-state index is 6.08. The lowest BCUT2D eigenvalue weighted by Crippen LogP contribution is -2.29. The molecule has 3 N–H and O–H groups in total. The van der Waals surface area contributed by atoms with Crippen LogP contribution in [0.2, 0.25) is 5.02 Å². The first-order valence-corrected chi connectivity index (χ1v) is 6.92. The molecule has 0 saturated carbocycles. The number of rotatable bonds is 5. The number of nitrogens with one attached hydrogen (secondary N) is 1. The van der Waals surface area contributed by atoms with Crippen molar-refractivity contribution in [2.75, 3.05) is 14.2 Å². The molecule has 0 fully saturated rings. The lowest BCUT2D eigenvalue weighted by atomic mass is 9.97. The number of aryl methyl sites for hydroxylation is 1. The number of ether oxygens (including phenoxy) is 2. The molecule has 5 heteroatoms. The highest BCUT2D eigenvalue weighted by atomic mass is 35.5. The minimum Gasteiger partial charge on any atom is -0.497 e. The van der Waals surface area contributed by atoms with Crippen LogP contribution in [0.5, 0.6) is 11.5 Å². The van der Waals surface area contributed by atoms with E-state index in [0.717, 1.165) is 27.5 Å². The Bertz CT molecular complexity index is 632. The van der Waals surface area contributed by atoms with Crippen LogP contribution in [0.4, 0.5) is 0 Å². The number of halogens is 1. The van der Waals surface area contributed by atoms with E-state index < -0.39 is 0 Å². The average molecular weight is 307 g/mol. The van der Waals surface area contributed by atoms with Gasteiger partial charge in [-0.2, -0.15) is 0 Å². The van der Waals surface area contributed by atoms with E-state index in [1.54, 1.807) is 14.2 Å². The average Bonchev–Trinajstić information content (AvgIpc) is 2.51. The van der Waals surface area contributed by atoms with Gasteiger partial charge in [-0.25, -0.2) is 5.43 Å². The molecule has 112 valence electrons. The molecule has 0 bridgehead atoms. The van der Waals surface area contributed by atoms with Gasteiger partial charge < -0.3 is 9.47 Å². The highest BCUT2D eigenvalue weighted by molar-refractivity contribution is 6.31. The molecule has 0 heterocycles. The topological polar surface area (TPSA) is 56.5 Å². The van der Waals surface area contributed by atoms with Crippen LogP contribution in [0.25, 0.3) is 0 Å². The predicted octanol–water partition coefficient (Wildman–Crippen LogP) is 3.22. The van der Waals surface area contributed by atoms with Gasteiger partial charge in [0.1, 0.15) is 11.5 Å². The van der Waals surface area contributed by atoms with Crippen molar-refractivity contribution in [2.45, 2.75) is 13.0 Å². The van der Waals surface area contributed by atoms with Gasteiger partial charge in [0.15, 0.2) is 0 Å². The van der Waals surface area contributed by atoms with Crippen molar-refractivity contribution in [3.63, 3.8) is 0 Å². The lowest BCUT2D eigenvalue weighted by molar-refractivity contribution is 0.387. The van der Waals surface area contributed by atoms with Gasteiger partial charge in [0.25, 0.3) is 0 Å². The zero-order chi connectivity index (χ0) is 15.4. The molecule has 0 spiro atoms. The lowest BCUT2D eigenvalue weighted by Gasteiger charge is -2.20. The third kappa shape index (κ3) is 3.29. The van der Waals surface area contributed by atoms with Crippen LogP contribution in [-0.2, 0) is 0 Å². The fourth-order valence-corrected chi connectivity index (χ4v) is 2.39. The van der Waals surface area contributed by atoms with Crippen molar-refractivity contribution in [1.29, 1.82) is 0 Å². The fourth-order valence-electron chi connectivity index (χ4n) is 2.27. The molecule has 2 rings (SSSR count). The van der Waals surface area contributed by atoms with E-state index in [0.29, 0.717) is 5.75 Å². The molecule has 0 amide bonds. The van der Waals surface area contributed by atoms with Crippen molar-refractivity contribution in [2.24, 2.45) is 5.84 Å². The molecule has 2 aromatic carbocycles. The van der Waals surface area contributed by atoms with E-state index in [2.05, 4.69) is 5.43 Å². The Balaban J connectivity index is 2.47. The molecule has 0 aliphatic heterocycles. The molecule has 1 unspecified atom stereocenters. The number of methoxy groups -OCH3 is 2. The van der Waals surface area contributed by atoms with Gasteiger partial charge in [-0.15, -0.1) is 0 Å². The van der Waals surface area contributed by atoms with Crippen LogP contribution in [0.3, 0.4) is 0 Å². The standard InChI is InChI=1S/C16H19ClN2O2/c1-10-8-11(4-7-14(10)17)16(19-18)13-6-5-12(20-2)9-15(13)21-3/h4-9,16,19H,18H2,1-3H3. The molecule has 0 aromatic heterocycles. The number of benzene rings is 2. The van der Waals surface area contributed by atoms with Crippen molar-refractivity contribution < 1.29 is 9.47 Å². The Morgan fingerprint density at radius 3 is 2.43 bits per heavy atom. The van der Waals surface area contributed by atoms with Crippen LogP contribution >= 0.6 is 11.6 Å². The number of hydrogen-bond acceptors (Lipinski definition) is 4. The summed E-state index contributed by atoms with van der Waals surface area (Å²) in [6.45, 7) is 1.96. The van der Waals surface area contributed by atoms with Gasteiger partial charge in [-0.05, 0) is 36.2 Å². The summed E-state index contributed by atoms with van der Waals surface area (Å²) in [5.74, 6) is 7.20. The summed E-state index contributed by atoms with van der Waals surface area (Å²) in [5, 5.41) is 0.733. The second kappa shape index (κ2) is 6.80. The van der Waals surface area contributed by atoms with Gasteiger partial charge in [-0.3, -0.25) is 5.84 Å². The normalized spacial score (nSPS) is 12.0. The highest BCUT2D eigenvalue weighted by Crippen LogP contribution is 2.33. The summed E-state index contributed by atoms with van der Waals surface area (Å²) in [6.07, 6.45) is 0. The molecular weight excluding hydrogens is 288 g/mol. The first-order chi connectivity index (χ1) is 10.1. The molecule has 0 saturated heterocycles. The van der Waals surface area contributed by atoms with Gasteiger partial charge in [0.2, 0.25) is 0 Å². The van der Waals surface area contributed by atoms with E-state index in [4.69, 9.17) is 26.9 Å². The van der Waals surface area contributed by atoms with E-state index >= 15 is 0 Å². The summed E-state index contributed by atoms with van der Waals surface area (Å²) >= 11 is 6.08. The molecule has 0 aliphatic rings. The maximum atomic E-state index is 6.08. The first-order valence-electron chi connectivity index (χ1n) is 6.54. The van der Waals surface area contributed by atoms with Crippen molar-refractivity contribution in [3.8, 4) is 11.5 Å². The molecule has 21 heavy (non-hydrogen) atoms. The zero-order valence-electron chi connectivity index (χ0n) is 12.3. The van der Waals surface area contributed by atoms with Gasteiger partial charge in [0, 0.05) is 16.7 Å². The van der Waals surface area contributed by atoms with E-state index in [9.17, 15) is 0 Å². The summed E-state index contributed by atoms with van der Waals surface area (Å²) in [7, 11) is 3.24.